The van der Waals surface area contributed by atoms with Crippen LogP contribution in [0.1, 0.15) is 6.92 Å². The maximum Gasteiger partial charge on any atom is 0.108 e. The summed E-state index contributed by atoms with van der Waals surface area (Å²) < 4.78 is 0. The average molecular weight is 96.1 g/mol. The van der Waals surface area contributed by atoms with Gasteiger partial charge in [0.25, 0.3) is 0 Å². The van der Waals surface area contributed by atoms with E-state index in [1.54, 1.807) is 12.2 Å². The molecular formula is C6H8O. The molecule has 0 bridgehead atoms. The van der Waals surface area contributed by atoms with Crippen molar-refractivity contribution in [1.82, 2.24) is 0 Å². The summed E-state index contributed by atoms with van der Waals surface area (Å²) in [6, 6.07) is 0. The van der Waals surface area contributed by atoms with Gasteiger partial charge in [0.1, 0.15) is 6.11 Å². The molecule has 0 heterocycles. The van der Waals surface area contributed by atoms with Gasteiger partial charge in [-0.05, 0) is 6.92 Å². The van der Waals surface area contributed by atoms with Crippen LogP contribution < -0.4 is 0 Å². The summed E-state index contributed by atoms with van der Waals surface area (Å²) in [7, 11) is 0. The third-order valence-corrected chi connectivity index (χ3v) is 0.646. The summed E-state index contributed by atoms with van der Waals surface area (Å²) in [6.07, 6.45) is 3.47. The summed E-state index contributed by atoms with van der Waals surface area (Å²) >= 11 is 0. The molecule has 0 saturated heterocycles. The van der Waals surface area contributed by atoms with Crippen LogP contribution in [0.3, 0.4) is 0 Å². The molecule has 0 aliphatic carbocycles. The van der Waals surface area contributed by atoms with E-state index in [0.717, 1.165) is 0 Å². The fourth-order valence-electron chi connectivity index (χ4n) is 0.161. The van der Waals surface area contributed by atoms with E-state index in [2.05, 4.69) is 12.5 Å². The Bertz CT molecular complexity index is 105. The van der Waals surface area contributed by atoms with Gasteiger partial charge >= 0.3 is 0 Å². The van der Waals surface area contributed by atoms with Crippen LogP contribution >= 0.6 is 0 Å². The van der Waals surface area contributed by atoms with Gasteiger partial charge in [-0.3, -0.25) is 0 Å². The van der Waals surface area contributed by atoms with Crippen LogP contribution in [-0.4, -0.2) is 5.11 Å². The van der Waals surface area contributed by atoms with Gasteiger partial charge in [-0.25, -0.2) is 0 Å². The lowest BCUT2D eigenvalue weighted by molar-refractivity contribution is 0.515. The second-order valence-corrected chi connectivity index (χ2v) is 1.28. The highest BCUT2D eigenvalue weighted by molar-refractivity contribution is 5.02. The maximum atomic E-state index is 7.96. The Labute approximate surface area is 43.7 Å². The highest BCUT2D eigenvalue weighted by Gasteiger charge is 1.82. The number of hydrogen-bond acceptors (Lipinski definition) is 1. The monoisotopic (exact) mass is 96.1 g/mol. The van der Waals surface area contributed by atoms with E-state index < -0.39 is 0 Å². The molecule has 0 rings (SSSR count). The van der Waals surface area contributed by atoms with Gasteiger partial charge in [-0.1, -0.05) is 12.0 Å². The van der Waals surface area contributed by atoms with Crippen molar-refractivity contribution in [1.29, 1.82) is 0 Å². The Morgan fingerprint density at radius 3 is 2.57 bits per heavy atom. The van der Waals surface area contributed by atoms with Crippen molar-refractivity contribution in [3.63, 3.8) is 0 Å². The topological polar surface area (TPSA) is 20.2 Å². The van der Waals surface area contributed by atoms with Crippen molar-refractivity contribution >= 4 is 0 Å². The standard InChI is InChI=1S/C6H8O/c1-3-6(2)4-5-7/h3,6-7H,1H2,2H3. The van der Waals surface area contributed by atoms with Crippen molar-refractivity contribution in [3.8, 4) is 12.0 Å². The van der Waals surface area contributed by atoms with Crippen LogP contribution in [0.15, 0.2) is 12.7 Å². The van der Waals surface area contributed by atoms with Crippen LogP contribution in [0.25, 0.3) is 0 Å². The van der Waals surface area contributed by atoms with Gasteiger partial charge in [0.2, 0.25) is 0 Å². The molecule has 1 heteroatoms. The Kier molecular flexibility index (Phi) is 2.87. The van der Waals surface area contributed by atoms with Crippen molar-refractivity contribution in [3.05, 3.63) is 12.7 Å². The molecule has 1 atom stereocenters. The molecule has 0 saturated carbocycles. The zero-order valence-electron chi connectivity index (χ0n) is 4.31. The largest absolute Gasteiger partial charge is 0.462 e. The van der Waals surface area contributed by atoms with Crippen molar-refractivity contribution < 1.29 is 5.11 Å². The van der Waals surface area contributed by atoms with E-state index in [4.69, 9.17) is 5.11 Å². The zero-order chi connectivity index (χ0) is 5.70. The molecule has 0 amide bonds. The first-order chi connectivity index (χ1) is 3.31. The molecule has 0 spiro atoms. The molecule has 0 aliphatic heterocycles. The highest BCUT2D eigenvalue weighted by Crippen LogP contribution is 1.88. The molecule has 0 aromatic carbocycles. The van der Waals surface area contributed by atoms with Gasteiger partial charge in [-0.2, -0.15) is 0 Å². The molecule has 0 fully saturated rings. The van der Waals surface area contributed by atoms with Crippen molar-refractivity contribution in [2.24, 2.45) is 5.92 Å². The first kappa shape index (κ1) is 6.10. The van der Waals surface area contributed by atoms with E-state index in [-0.39, 0.29) is 5.92 Å². The number of aliphatic hydroxyl groups excluding tert-OH is 1. The highest BCUT2D eigenvalue weighted by atomic mass is 16.2. The minimum absolute atomic E-state index is 0.102. The molecule has 1 N–H and O–H groups in total. The number of aliphatic hydroxyl groups is 1. The quantitative estimate of drug-likeness (QED) is 0.383. The second-order valence-electron chi connectivity index (χ2n) is 1.28. The maximum absolute atomic E-state index is 7.96. The summed E-state index contributed by atoms with van der Waals surface area (Å²) in [5.74, 6) is 2.58. The van der Waals surface area contributed by atoms with Crippen LogP contribution in [0, 0.1) is 17.9 Å². The molecule has 0 aromatic rings. The van der Waals surface area contributed by atoms with Gasteiger partial charge in [0.05, 0.1) is 0 Å². The van der Waals surface area contributed by atoms with Crippen molar-refractivity contribution in [2.45, 2.75) is 6.92 Å². The third kappa shape index (κ3) is 2.92. The minimum atomic E-state index is 0.102. The lowest BCUT2D eigenvalue weighted by Crippen LogP contribution is -1.78. The van der Waals surface area contributed by atoms with Crippen molar-refractivity contribution in [2.75, 3.05) is 0 Å². The van der Waals surface area contributed by atoms with E-state index in [1.165, 1.54) is 0 Å². The van der Waals surface area contributed by atoms with Gasteiger partial charge in [0.15, 0.2) is 0 Å². The molecule has 1 unspecified atom stereocenters. The molecule has 0 aliphatic rings. The fraction of sp³-hybridized carbons (Fsp3) is 0.333. The number of rotatable bonds is 1. The Hall–Kier alpha value is -0.900. The van der Waals surface area contributed by atoms with Crippen LogP contribution in [0.5, 0.6) is 0 Å². The first-order valence-corrected chi connectivity index (χ1v) is 2.08. The van der Waals surface area contributed by atoms with Crippen LogP contribution in [0.2, 0.25) is 0 Å². The Morgan fingerprint density at radius 2 is 2.43 bits per heavy atom. The lowest BCUT2D eigenvalue weighted by atomic mass is 10.2. The van der Waals surface area contributed by atoms with E-state index in [0.29, 0.717) is 0 Å². The normalized spacial score (nSPS) is 11.0. The Balaban J connectivity index is 3.49. The molecule has 0 radical (unpaired) electrons. The summed E-state index contributed by atoms with van der Waals surface area (Å²) in [5.41, 5.74) is 0. The van der Waals surface area contributed by atoms with Gasteiger partial charge < -0.3 is 5.11 Å². The summed E-state index contributed by atoms with van der Waals surface area (Å²) in [5, 5.41) is 7.96. The second kappa shape index (κ2) is 3.30. The van der Waals surface area contributed by atoms with E-state index >= 15 is 0 Å². The predicted octanol–water partition coefficient (Wildman–Crippen LogP) is 1.14. The minimum Gasteiger partial charge on any atom is -0.462 e. The number of allylic oxidation sites excluding steroid dienone is 1. The summed E-state index contributed by atoms with van der Waals surface area (Å²) in [6.45, 7) is 5.32. The first-order valence-electron chi connectivity index (χ1n) is 2.08. The molecule has 7 heavy (non-hydrogen) atoms. The van der Waals surface area contributed by atoms with Crippen LogP contribution in [0.4, 0.5) is 0 Å². The van der Waals surface area contributed by atoms with E-state index in [1.807, 2.05) is 6.92 Å². The lowest BCUT2D eigenvalue weighted by Gasteiger charge is -1.85. The number of hydrogen-bond donors (Lipinski definition) is 1. The molecule has 0 aromatic heterocycles. The Morgan fingerprint density at radius 1 is 1.86 bits per heavy atom. The fourth-order valence-corrected chi connectivity index (χ4v) is 0.161. The summed E-state index contributed by atoms with van der Waals surface area (Å²) in [4.78, 5) is 0. The average Bonchev–Trinajstić information content (AvgIpc) is 1.68. The van der Waals surface area contributed by atoms with E-state index in [9.17, 15) is 0 Å². The third-order valence-electron chi connectivity index (χ3n) is 0.646. The SMILES string of the molecule is C=CC(C)C#CO. The molecule has 38 valence electrons. The smallest absolute Gasteiger partial charge is 0.108 e. The molecular weight excluding hydrogens is 88.1 g/mol. The van der Waals surface area contributed by atoms with Crippen LogP contribution in [-0.2, 0) is 0 Å². The van der Waals surface area contributed by atoms with Gasteiger partial charge in [0, 0.05) is 5.92 Å². The zero-order valence-corrected chi connectivity index (χ0v) is 4.31. The molecule has 1 nitrogen and oxygen atoms in total. The predicted molar refractivity (Wildman–Crippen MR) is 29.1 cm³/mol. The van der Waals surface area contributed by atoms with Gasteiger partial charge in [-0.15, -0.1) is 6.58 Å².